The molecule has 0 unspecified atom stereocenters. The minimum atomic E-state index is 0.910. The number of hydrogen-bond acceptors (Lipinski definition) is 6. The highest BCUT2D eigenvalue weighted by Gasteiger charge is 2.20. The smallest absolute Gasteiger partial charge is 0.0941 e. The van der Waals surface area contributed by atoms with Crippen molar-refractivity contribution in [1.29, 1.82) is 0 Å². The van der Waals surface area contributed by atoms with Gasteiger partial charge in [-0.15, -0.1) is 0 Å². The van der Waals surface area contributed by atoms with Crippen molar-refractivity contribution in [2.45, 2.75) is 20.8 Å². The molecule has 3 aliphatic rings. The van der Waals surface area contributed by atoms with Gasteiger partial charge in [0.15, 0.2) is 0 Å². The molecule has 6 nitrogen and oxygen atoms in total. The van der Waals surface area contributed by atoms with E-state index >= 15 is 0 Å². The summed E-state index contributed by atoms with van der Waals surface area (Å²) in [6.07, 6.45) is 13.1. The van der Waals surface area contributed by atoms with Gasteiger partial charge < -0.3 is 29.4 Å². The van der Waals surface area contributed by atoms with Gasteiger partial charge in [0, 0.05) is 73.9 Å². The lowest BCUT2D eigenvalue weighted by atomic mass is 10.2. The molecule has 0 atom stereocenters. The van der Waals surface area contributed by atoms with Gasteiger partial charge in [-0.1, -0.05) is 0 Å². The van der Waals surface area contributed by atoms with Gasteiger partial charge in [0.2, 0.25) is 0 Å². The molecule has 0 amide bonds. The molecule has 1 aromatic rings. The monoisotopic (exact) mass is 366 g/mol. The lowest BCUT2D eigenvalue weighted by molar-refractivity contribution is 0.427. The molecule has 3 aliphatic heterocycles. The average Bonchev–Trinajstić information content (AvgIpc) is 3.47. The van der Waals surface area contributed by atoms with Crippen LogP contribution < -0.4 is 14.7 Å². The Morgan fingerprint density at radius 2 is 0.815 bits per heavy atom. The molecule has 0 N–H and O–H groups in total. The molecule has 27 heavy (non-hydrogen) atoms. The minimum absolute atomic E-state index is 0.910. The summed E-state index contributed by atoms with van der Waals surface area (Å²) < 4.78 is 0. The van der Waals surface area contributed by atoms with E-state index < -0.39 is 0 Å². The Bertz CT molecular complexity index is 643. The van der Waals surface area contributed by atoms with Gasteiger partial charge >= 0.3 is 0 Å². The Kier molecular flexibility index (Phi) is 4.88. The maximum absolute atomic E-state index is 2.32. The van der Waals surface area contributed by atoms with E-state index in [1.165, 1.54) is 17.1 Å². The number of benzene rings is 1. The van der Waals surface area contributed by atoms with E-state index in [4.69, 9.17) is 0 Å². The summed E-state index contributed by atoms with van der Waals surface area (Å²) in [7, 11) is 0. The van der Waals surface area contributed by atoms with Crippen molar-refractivity contribution in [3.63, 3.8) is 0 Å². The Labute approximate surface area is 162 Å². The van der Waals surface area contributed by atoms with Crippen LogP contribution in [0.4, 0.5) is 17.1 Å². The third kappa shape index (κ3) is 3.56. The van der Waals surface area contributed by atoms with Gasteiger partial charge in [0.1, 0.15) is 0 Å². The SMILES string of the molecule is CCN1C=CN(c2cc(N3C=CN(CC)C3)cc(N3C=CN(CC)C3)c2)C1. The zero-order valence-corrected chi connectivity index (χ0v) is 16.6. The normalized spacial score (nSPS) is 18.8. The van der Waals surface area contributed by atoms with Crippen LogP contribution in [0.1, 0.15) is 20.8 Å². The van der Waals surface area contributed by atoms with Gasteiger partial charge in [-0.25, -0.2) is 0 Å². The maximum Gasteiger partial charge on any atom is 0.0941 e. The molecule has 144 valence electrons. The van der Waals surface area contributed by atoms with Crippen molar-refractivity contribution in [2.75, 3.05) is 54.3 Å². The van der Waals surface area contributed by atoms with Crippen LogP contribution >= 0.6 is 0 Å². The molecule has 1 aromatic carbocycles. The number of anilines is 3. The van der Waals surface area contributed by atoms with Crippen LogP contribution in [0.5, 0.6) is 0 Å². The summed E-state index contributed by atoms with van der Waals surface area (Å²) >= 11 is 0. The summed E-state index contributed by atoms with van der Waals surface area (Å²) in [6.45, 7) is 12.4. The topological polar surface area (TPSA) is 19.4 Å². The van der Waals surface area contributed by atoms with E-state index in [0.29, 0.717) is 0 Å². The van der Waals surface area contributed by atoms with Gasteiger partial charge in [-0.2, -0.15) is 0 Å². The van der Waals surface area contributed by atoms with Crippen LogP contribution in [0.25, 0.3) is 0 Å². The lowest BCUT2D eigenvalue weighted by Gasteiger charge is -2.27. The lowest BCUT2D eigenvalue weighted by Crippen LogP contribution is -2.28. The number of hydrogen-bond donors (Lipinski definition) is 0. The first kappa shape index (κ1) is 17.6. The highest BCUT2D eigenvalue weighted by atomic mass is 15.4. The standard InChI is InChI=1S/C21H30N6/c1-4-22-7-10-25(16-22)19-13-20(26-11-8-23(5-2)17-26)15-21(14-19)27-12-9-24(6-3)18-27/h7-15H,4-6,16-18H2,1-3H3. The fraction of sp³-hybridized carbons (Fsp3) is 0.429. The van der Waals surface area contributed by atoms with Gasteiger partial charge in [0.05, 0.1) is 20.0 Å². The zero-order valence-electron chi connectivity index (χ0n) is 16.6. The molecular weight excluding hydrogens is 336 g/mol. The molecule has 4 rings (SSSR count). The van der Waals surface area contributed by atoms with Gasteiger partial charge in [-0.05, 0) is 39.0 Å². The molecule has 0 radical (unpaired) electrons. The Morgan fingerprint density at radius 1 is 0.519 bits per heavy atom. The predicted octanol–water partition coefficient (Wildman–Crippen LogP) is 3.40. The second kappa shape index (κ2) is 7.47. The zero-order chi connectivity index (χ0) is 18.8. The maximum atomic E-state index is 2.32. The van der Waals surface area contributed by atoms with Crippen LogP contribution in [0.15, 0.2) is 55.4 Å². The first-order valence-corrected chi connectivity index (χ1v) is 9.92. The summed E-state index contributed by atoms with van der Waals surface area (Å²) in [4.78, 5) is 13.9. The van der Waals surface area contributed by atoms with Crippen molar-refractivity contribution in [3.05, 3.63) is 55.4 Å². The van der Waals surface area contributed by atoms with E-state index in [9.17, 15) is 0 Å². The van der Waals surface area contributed by atoms with Crippen LogP contribution in [0, 0.1) is 0 Å². The molecule has 6 heteroatoms. The van der Waals surface area contributed by atoms with Crippen molar-refractivity contribution >= 4 is 17.1 Å². The second-order valence-electron chi connectivity index (χ2n) is 7.15. The van der Waals surface area contributed by atoms with E-state index in [0.717, 1.165) is 39.6 Å². The summed E-state index contributed by atoms with van der Waals surface area (Å²) in [5.74, 6) is 0. The minimum Gasteiger partial charge on any atom is -0.359 e. The van der Waals surface area contributed by atoms with E-state index in [1.807, 2.05) is 0 Å². The first-order chi connectivity index (χ1) is 13.2. The summed E-state index contributed by atoms with van der Waals surface area (Å²) in [5.41, 5.74) is 3.71. The summed E-state index contributed by atoms with van der Waals surface area (Å²) in [5, 5.41) is 0. The Hall–Kier alpha value is -2.76. The van der Waals surface area contributed by atoms with E-state index in [-0.39, 0.29) is 0 Å². The summed E-state index contributed by atoms with van der Waals surface area (Å²) in [6, 6.07) is 6.90. The molecular formula is C21H30N6. The predicted molar refractivity (Wildman–Crippen MR) is 113 cm³/mol. The van der Waals surface area contributed by atoms with Crippen molar-refractivity contribution in [3.8, 4) is 0 Å². The number of nitrogens with zero attached hydrogens (tertiary/aromatic N) is 6. The second-order valence-corrected chi connectivity index (χ2v) is 7.15. The quantitative estimate of drug-likeness (QED) is 0.763. The van der Waals surface area contributed by atoms with Crippen molar-refractivity contribution < 1.29 is 0 Å². The van der Waals surface area contributed by atoms with Crippen LogP contribution in [-0.2, 0) is 0 Å². The molecule has 0 aliphatic carbocycles. The highest BCUT2D eigenvalue weighted by Crippen LogP contribution is 2.34. The molecule has 0 bridgehead atoms. The Morgan fingerprint density at radius 3 is 1.04 bits per heavy atom. The highest BCUT2D eigenvalue weighted by molar-refractivity contribution is 5.72. The molecule has 0 saturated carbocycles. The average molecular weight is 367 g/mol. The van der Waals surface area contributed by atoms with E-state index in [2.05, 4.69) is 106 Å². The third-order valence-corrected chi connectivity index (χ3v) is 5.48. The van der Waals surface area contributed by atoms with E-state index in [1.54, 1.807) is 0 Å². The largest absolute Gasteiger partial charge is 0.359 e. The molecule has 0 saturated heterocycles. The molecule has 3 heterocycles. The molecule has 0 fully saturated rings. The van der Waals surface area contributed by atoms with Crippen LogP contribution in [-0.4, -0.2) is 54.3 Å². The third-order valence-electron chi connectivity index (χ3n) is 5.48. The van der Waals surface area contributed by atoms with Crippen LogP contribution in [0.3, 0.4) is 0 Å². The Balaban J connectivity index is 1.64. The first-order valence-electron chi connectivity index (χ1n) is 9.92. The molecule has 0 spiro atoms. The van der Waals surface area contributed by atoms with Gasteiger partial charge in [0.25, 0.3) is 0 Å². The molecule has 0 aromatic heterocycles. The fourth-order valence-corrected chi connectivity index (χ4v) is 3.59. The van der Waals surface area contributed by atoms with Crippen molar-refractivity contribution in [2.24, 2.45) is 0 Å². The number of rotatable bonds is 6. The van der Waals surface area contributed by atoms with Gasteiger partial charge in [-0.3, -0.25) is 0 Å². The van der Waals surface area contributed by atoms with Crippen molar-refractivity contribution in [1.82, 2.24) is 14.7 Å². The fourth-order valence-electron chi connectivity index (χ4n) is 3.59. The van der Waals surface area contributed by atoms with Crippen LogP contribution in [0.2, 0.25) is 0 Å².